The molecule has 2 unspecified atom stereocenters. The number of nitrogens with zero attached hydrogens (tertiary/aromatic N) is 3. The van der Waals surface area contributed by atoms with Gasteiger partial charge in [-0.05, 0) is 39.2 Å². The van der Waals surface area contributed by atoms with E-state index in [1.165, 1.54) is 12.1 Å². The van der Waals surface area contributed by atoms with Crippen LogP contribution in [0.25, 0.3) is 0 Å². The van der Waals surface area contributed by atoms with Crippen molar-refractivity contribution < 1.29 is 0 Å². The van der Waals surface area contributed by atoms with Gasteiger partial charge in [0.25, 0.3) is 0 Å². The van der Waals surface area contributed by atoms with E-state index < -0.39 is 0 Å². The Morgan fingerprint density at radius 3 is 2.85 bits per heavy atom. The fourth-order valence-electron chi connectivity index (χ4n) is 3.15. The Balaban J connectivity index is 2.02. The van der Waals surface area contributed by atoms with Gasteiger partial charge in [0, 0.05) is 38.3 Å². The summed E-state index contributed by atoms with van der Waals surface area (Å²) in [5.74, 6) is 0.756. The molecule has 0 aromatic carbocycles. The van der Waals surface area contributed by atoms with Gasteiger partial charge in [-0.3, -0.25) is 9.58 Å². The molecule has 114 valence electrons. The van der Waals surface area contributed by atoms with Gasteiger partial charge in [-0.2, -0.15) is 5.10 Å². The van der Waals surface area contributed by atoms with Crippen LogP contribution in [0.2, 0.25) is 0 Å². The third kappa shape index (κ3) is 3.83. The second kappa shape index (κ2) is 6.72. The van der Waals surface area contributed by atoms with E-state index >= 15 is 0 Å². The summed E-state index contributed by atoms with van der Waals surface area (Å²) in [6, 6.07) is 3.46. The normalized spacial score (nSPS) is 24.5. The van der Waals surface area contributed by atoms with Crippen LogP contribution in [-0.2, 0) is 13.1 Å². The molecule has 4 heteroatoms. The lowest BCUT2D eigenvalue weighted by atomic mass is 10.00. The smallest absolute Gasteiger partial charge is 0.0597 e. The predicted octanol–water partition coefficient (Wildman–Crippen LogP) is 2.42. The van der Waals surface area contributed by atoms with Gasteiger partial charge < -0.3 is 5.32 Å². The molecule has 2 heterocycles. The summed E-state index contributed by atoms with van der Waals surface area (Å²) in [7, 11) is 0. The summed E-state index contributed by atoms with van der Waals surface area (Å²) in [5.41, 5.74) is 2.48. The molecule has 4 nitrogen and oxygen atoms in total. The SMILES string of the molecule is CCn1nc(C)cc1CN1CC(CC(C)C)NCC1C. The minimum absolute atomic E-state index is 0.596. The molecule has 1 fully saturated rings. The standard InChI is InChI=1S/C16H30N4/c1-6-20-16(8-13(4)18-20)11-19-10-15(7-12(2)3)17-9-14(19)5/h8,12,14-15,17H,6-7,9-11H2,1-5H3. The van der Waals surface area contributed by atoms with Crippen LogP contribution >= 0.6 is 0 Å². The topological polar surface area (TPSA) is 33.1 Å². The van der Waals surface area contributed by atoms with Gasteiger partial charge in [-0.1, -0.05) is 13.8 Å². The van der Waals surface area contributed by atoms with Crippen LogP contribution in [-0.4, -0.2) is 39.9 Å². The molecule has 1 aromatic heterocycles. The molecule has 2 rings (SSSR count). The van der Waals surface area contributed by atoms with E-state index in [-0.39, 0.29) is 0 Å². The van der Waals surface area contributed by atoms with E-state index in [1.54, 1.807) is 0 Å². The number of rotatable bonds is 5. The lowest BCUT2D eigenvalue weighted by Crippen LogP contribution is -2.55. The van der Waals surface area contributed by atoms with Gasteiger partial charge in [0.2, 0.25) is 0 Å². The van der Waals surface area contributed by atoms with Crippen LogP contribution in [0.15, 0.2) is 6.07 Å². The first-order valence-electron chi connectivity index (χ1n) is 8.00. The highest BCUT2D eigenvalue weighted by molar-refractivity contribution is 5.09. The van der Waals surface area contributed by atoms with E-state index in [1.807, 2.05) is 0 Å². The molecule has 20 heavy (non-hydrogen) atoms. The molecular formula is C16H30N4. The van der Waals surface area contributed by atoms with Crippen molar-refractivity contribution in [3.63, 3.8) is 0 Å². The monoisotopic (exact) mass is 278 g/mol. The minimum atomic E-state index is 0.596. The Bertz CT molecular complexity index is 424. The molecule has 1 N–H and O–H groups in total. The van der Waals surface area contributed by atoms with Gasteiger partial charge in [0.1, 0.15) is 0 Å². The van der Waals surface area contributed by atoms with Gasteiger partial charge in [-0.15, -0.1) is 0 Å². The molecule has 1 saturated heterocycles. The maximum atomic E-state index is 4.56. The van der Waals surface area contributed by atoms with Crippen molar-refractivity contribution in [2.45, 2.75) is 66.2 Å². The zero-order valence-corrected chi connectivity index (χ0v) is 13.7. The van der Waals surface area contributed by atoms with E-state index in [4.69, 9.17) is 0 Å². The average Bonchev–Trinajstić information content (AvgIpc) is 2.73. The lowest BCUT2D eigenvalue weighted by Gasteiger charge is -2.39. The van der Waals surface area contributed by atoms with Crippen molar-refractivity contribution in [3.05, 3.63) is 17.5 Å². The molecule has 1 aliphatic heterocycles. The predicted molar refractivity (Wildman–Crippen MR) is 83.8 cm³/mol. The van der Waals surface area contributed by atoms with Crippen LogP contribution in [0.3, 0.4) is 0 Å². The molecule has 2 atom stereocenters. The van der Waals surface area contributed by atoms with Gasteiger partial charge in [0.05, 0.1) is 11.4 Å². The van der Waals surface area contributed by atoms with E-state index in [9.17, 15) is 0 Å². The zero-order valence-electron chi connectivity index (χ0n) is 13.7. The molecule has 0 radical (unpaired) electrons. The third-order valence-electron chi connectivity index (χ3n) is 4.19. The molecule has 0 aliphatic carbocycles. The molecular weight excluding hydrogens is 248 g/mol. The molecule has 0 amide bonds. The number of hydrogen-bond donors (Lipinski definition) is 1. The molecule has 1 aromatic rings. The Kier molecular flexibility index (Phi) is 5.22. The first-order valence-corrected chi connectivity index (χ1v) is 8.00. The zero-order chi connectivity index (χ0) is 14.7. The van der Waals surface area contributed by atoms with Crippen LogP contribution in [0.5, 0.6) is 0 Å². The maximum absolute atomic E-state index is 4.56. The van der Waals surface area contributed by atoms with Crippen molar-refractivity contribution in [3.8, 4) is 0 Å². The van der Waals surface area contributed by atoms with Gasteiger partial charge >= 0.3 is 0 Å². The van der Waals surface area contributed by atoms with E-state index in [0.717, 1.165) is 37.8 Å². The molecule has 0 bridgehead atoms. The number of piperazine rings is 1. The Morgan fingerprint density at radius 1 is 1.45 bits per heavy atom. The summed E-state index contributed by atoms with van der Waals surface area (Å²) < 4.78 is 2.14. The number of aromatic nitrogens is 2. The first kappa shape index (κ1) is 15.5. The third-order valence-corrected chi connectivity index (χ3v) is 4.19. The van der Waals surface area contributed by atoms with Crippen LogP contribution < -0.4 is 5.32 Å². The summed E-state index contributed by atoms with van der Waals surface area (Å²) in [4.78, 5) is 2.60. The number of aryl methyl sites for hydroxylation is 2. The minimum Gasteiger partial charge on any atom is -0.311 e. The first-order chi connectivity index (χ1) is 9.49. The summed E-state index contributed by atoms with van der Waals surface area (Å²) in [5, 5.41) is 8.25. The Morgan fingerprint density at radius 2 is 2.20 bits per heavy atom. The van der Waals surface area contributed by atoms with Crippen molar-refractivity contribution >= 4 is 0 Å². The maximum Gasteiger partial charge on any atom is 0.0597 e. The highest BCUT2D eigenvalue weighted by Crippen LogP contribution is 2.16. The molecule has 0 spiro atoms. The summed E-state index contributed by atoms with van der Waals surface area (Å²) in [6.07, 6.45) is 1.26. The summed E-state index contributed by atoms with van der Waals surface area (Å²) >= 11 is 0. The van der Waals surface area contributed by atoms with Crippen LogP contribution in [0.1, 0.15) is 45.5 Å². The van der Waals surface area contributed by atoms with Crippen molar-refractivity contribution in [2.75, 3.05) is 13.1 Å². The highest BCUT2D eigenvalue weighted by atomic mass is 15.3. The number of nitrogens with one attached hydrogen (secondary N) is 1. The quantitative estimate of drug-likeness (QED) is 0.898. The molecule has 0 saturated carbocycles. The fraction of sp³-hybridized carbons (Fsp3) is 0.812. The van der Waals surface area contributed by atoms with Crippen molar-refractivity contribution in [1.82, 2.24) is 20.0 Å². The van der Waals surface area contributed by atoms with Gasteiger partial charge in [0.15, 0.2) is 0 Å². The van der Waals surface area contributed by atoms with E-state index in [2.05, 4.69) is 60.7 Å². The summed E-state index contributed by atoms with van der Waals surface area (Å²) in [6.45, 7) is 15.4. The fourth-order valence-corrected chi connectivity index (χ4v) is 3.15. The number of hydrogen-bond acceptors (Lipinski definition) is 3. The second-order valence-corrected chi connectivity index (χ2v) is 6.61. The lowest BCUT2D eigenvalue weighted by molar-refractivity contribution is 0.121. The van der Waals surface area contributed by atoms with Crippen LogP contribution in [0.4, 0.5) is 0 Å². The van der Waals surface area contributed by atoms with E-state index in [0.29, 0.717) is 12.1 Å². The van der Waals surface area contributed by atoms with Crippen LogP contribution in [0, 0.1) is 12.8 Å². The van der Waals surface area contributed by atoms with Crippen molar-refractivity contribution in [1.29, 1.82) is 0 Å². The second-order valence-electron chi connectivity index (χ2n) is 6.61. The van der Waals surface area contributed by atoms with Crippen molar-refractivity contribution in [2.24, 2.45) is 5.92 Å². The average molecular weight is 278 g/mol. The molecule has 1 aliphatic rings. The highest BCUT2D eigenvalue weighted by Gasteiger charge is 2.26. The largest absolute Gasteiger partial charge is 0.311 e. The Labute approximate surface area is 123 Å². The van der Waals surface area contributed by atoms with Gasteiger partial charge in [-0.25, -0.2) is 0 Å². The Hall–Kier alpha value is -0.870.